The highest BCUT2D eigenvalue weighted by Crippen LogP contribution is 2.26. The second-order valence-corrected chi connectivity index (χ2v) is 7.58. The summed E-state index contributed by atoms with van der Waals surface area (Å²) in [5, 5.41) is 7.57. The molecule has 7 heteroatoms. The number of guanidine groups is 1. The number of oxazole rings is 1. The third kappa shape index (κ3) is 5.49. The van der Waals surface area contributed by atoms with E-state index in [0.717, 1.165) is 48.6 Å². The monoisotopic (exact) mass is 403 g/mol. The fourth-order valence-electron chi connectivity index (χ4n) is 3.51. The fraction of sp³-hybridized carbons (Fsp3) is 0.524. The molecule has 2 aromatic rings. The molecule has 28 heavy (non-hydrogen) atoms. The summed E-state index contributed by atoms with van der Waals surface area (Å²) in [6, 6.07) is 8.42. The Morgan fingerprint density at radius 2 is 2.07 bits per heavy atom. The van der Waals surface area contributed by atoms with Crippen LogP contribution in [0.5, 0.6) is 0 Å². The van der Waals surface area contributed by atoms with Gasteiger partial charge in [0.25, 0.3) is 0 Å². The zero-order chi connectivity index (χ0) is 19.9. The topological polar surface area (TPSA) is 65.7 Å². The number of likely N-dealkylation sites (tertiary alicyclic amines) is 1. The molecule has 0 saturated carbocycles. The summed E-state index contributed by atoms with van der Waals surface area (Å²) >= 11 is 6.25. The normalized spacial score (nSPS) is 16.4. The number of halogens is 1. The summed E-state index contributed by atoms with van der Waals surface area (Å²) in [6.45, 7) is 10.1. The molecule has 0 aliphatic carbocycles. The molecular formula is C21H30ClN5O. The third-order valence-electron chi connectivity index (χ3n) is 5.07. The van der Waals surface area contributed by atoms with Gasteiger partial charge in [-0.1, -0.05) is 23.7 Å². The van der Waals surface area contributed by atoms with Crippen LogP contribution in [0.2, 0.25) is 5.02 Å². The predicted molar refractivity (Wildman–Crippen MR) is 114 cm³/mol. The van der Waals surface area contributed by atoms with Crippen LogP contribution in [0.4, 0.5) is 0 Å². The van der Waals surface area contributed by atoms with Crippen LogP contribution in [-0.4, -0.2) is 42.0 Å². The Balaban J connectivity index is 1.70. The maximum atomic E-state index is 6.25. The Labute approximate surface area is 172 Å². The average Bonchev–Trinajstić information content (AvgIpc) is 3.30. The minimum Gasteiger partial charge on any atom is -0.444 e. The predicted octanol–water partition coefficient (Wildman–Crippen LogP) is 3.84. The highest BCUT2D eigenvalue weighted by molar-refractivity contribution is 6.30. The quantitative estimate of drug-likeness (QED) is 0.543. The minimum absolute atomic E-state index is 0.260. The summed E-state index contributed by atoms with van der Waals surface area (Å²) in [4.78, 5) is 11.6. The molecule has 152 valence electrons. The highest BCUT2D eigenvalue weighted by atomic mass is 35.5. The number of nitrogens with one attached hydrogen (secondary N) is 2. The molecule has 0 bridgehead atoms. The average molecular weight is 404 g/mol. The lowest BCUT2D eigenvalue weighted by atomic mass is 10.1. The number of nitrogens with zero attached hydrogens (tertiary/aromatic N) is 3. The lowest BCUT2D eigenvalue weighted by Crippen LogP contribution is -2.42. The van der Waals surface area contributed by atoms with Crippen LogP contribution in [0.15, 0.2) is 33.7 Å². The molecule has 1 aliphatic heterocycles. The molecule has 2 N–H and O–H groups in total. The first-order valence-corrected chi connectivity index (χ1v) is 10.4. The van der Waals surface area contributed by atoms with Gasteiger partial charge in [-0.05, 0) is 64.4 Å². The molecule has 1 aliphatic rings. The van der Waals surface area contributed by atoms with Gasteiger partial charge in [-0.15, -0.1) is 0 Å². The van der Waals surface area contributed by atoms with Crippen molar-refractivity contribution < 1.29 is 4.42 Å². The van der Waals surface area contributed by atoms with Gasteiger partial charge in [0, 0.05) is 18.1 Å². The van der Waals surface area contributed by atoms with E-state index < -0.39 is 0 Å². The Bertz CT molecular complexity index is 778. The molecule has 1 aromatic carbocycles. The van der Waals surface area contributed by atoms with E-state index in [9.17, 15) is 0 Å². The number of hydrogen-bond acceptors (Lipinski definition) is 4. The second kappa shape index (κ2) is 9.94. The van der Waals surface area contributed by atoms with Gasteiger partial charge in [0.15, 0.2) is 5.96 Å². The fourth-order valence-corrected chi connectivity index (χ4v) is 3.71. The maximum Gasteiger partial charge on any atom is 0.216 e. The SMILES string of the molecule is CCNC(=NCc1nc(C)c(C)o1)NCC(c1cccc(Cl)c1)N1CCCC1. The summed E-state index contributed by atoms with van der Waals surface area (Å²) in [5.74, 6) is 2.25. The Kier molecular flexibility index (Phi) is 7.34. The zero-order valence-corrected chi connectivity index (χ0v) is 17.7. The molecule has 1 fully saturated rings. The molecule has 6 nitrogen and oxygen atoms in total. The van der Waals surface area contributed by atoms with E-state index in [0.29, 0.717) is 12.4 Å². The number of aliphatic imine (C=N–C) groups is 1. The molecule has 1 atom stereocenters. The number of aryl methyl sites for hydroxylation is 2. The number of aromatic nitrogens is 1. The summed E-state index contributed by atoms with van der Waals surface area (Å²) in [7, 11) is 0. The van der Waals surface area contributed by atoms with Gasteiger partial charge in [0.05, 0.1) is 11.7 Å². The standard InChI is InChI=1S/C21H30ClN5O/c1-4-23-21(25-14-20-26-15(2)16(3)28-20)24-13-19(27-10-5-6-11-27)17-8-7-9-18(22)12-17/h7-9,12,19H,4-6,10-11,13-14H2,1-3H3,(H2,23,24,25). The van der Waals surface area contributed by atoms with E-state index >= 15 is 0 Å². The Hall–Kier alpha value is -2.05. The first-order valence-electron chi connectivity index (χ1n) is 10.0. The van der Waals surface area contributed by atoms with Crippen LogP contribution >= 0.6 is 11.6 Å². The largest absolute Gasteiger partial charge is 0.444 e. The number of hydrogen-bond donors (Lipinski definition) is 2. The summed E-state index contributed by atoms with van der Waals surface area (Å²) in [6.07, 6.45) is 2.49. The third-order valence-corrected chi connectivity index (χ3v) is 5.30. The lowest BCUT2D eigenvalue weighted by Gasteiger charge is -2.29. The first-order chi connectivity index (χ1) is 13.6. The lowest BCUT2D eigenvalue weighted by molar-refractivity contribution is 0.245. The van der Waals surface area contributed by atoms with E-state index in [-0.39, 0.29) is 6.04 Å². The molecule has 0 radical (unpaired) electrons. The van der Waals surface area contributed by atoms with E-state index in [2.05, 4.69) is 44.6 Å². The zero-order valence-electron chi connectivity index (χ0n) is 17.0. The van der Waals surface area contributed by atoms with Crippen LogP contribution in [0, 0.1) is 13.8 Å². The summed E-state index contributed by atoms with van der Waals surface area (Å²) in [5.41, 5.74) is 2.15. The van der Waals surface area contributed by atoms with Crippen molar-refractivity contribution in [2.45, 2.75) is 46.2 Å². The van der Waals surface area contributed by atoms with Crippen molar-refractivity contribution in [3.63, 3.8) is 0 Å². The van der Waals surface area contributed by atoms with E-state index in [1.807, 2.05) is 26.0 Å². The number of rotatable bonds is 7. The van der Waals surface area contributed by atoms with Crippen molar-refractivity contribution in [1.82, 2.24) is 20.5 Å². The van der Waals surface area contributed by atoms with Crippen LogP contribution in [0.25, 0.3) is 0 Å². The molecule has 3 rings (SSSR count). The first kappa shape index (κ1) is 20.7. The smallest absolute Gasteiger partial charge is 0.216 e. The number of benzene rings is 1. The van der Waals surface area contributed by atoms with Crippen molar-refractivity contribution >= 4 is 17.6 Å². The highest BCUT2D eigenvalue weighted by Gasteiger charge is 2.24. The van der Waals surface area contributed by atoms with Gasteiger partial charge in [0.2, 0.25) is 5.89 Å². The Morgan fingerprint density at radius 1 is 1.29 bits per heavy atom. The van der Waals surface area contributed by atoms with Gasteiger partial charge >= 0.3 is 0 Å². The molecule has 0 amide bonds. The van der Waals surface area contributed by atoms with Gasteiger partial charge < -0.3 is 15.1 Å². The summed E-state index contributed by atoms with van der Waals surface area (Å²) < 4.78 is 5.64. The van der Waals surface area contributed by atoms with Crippen LogP contribution in [-0.2, 0) is 6.54 Å². The van der Waals surface area contributed by atoms with E-state index in [1.54, 1.807) is 0 Å². The molecule has 1 unspecified atom stereocenters. The molecule has 0 spiro atoms. The molecule has 1 aromatic heterocycles. The Morgan fingerprint density at radius 3 is 2.71 bits per heavy atom. The van der Waals surface area contributed by atoms with Crippen molar-refractivity contribution in [2.24, 2.45) is 4.99 Å². The second-order valence-electron chi connectivity index (χ2n) is 7.14. The van der Waals surface area contributed by atoms with E-state index in [4.69, 9.17) is 16.0 Å². The van der Waals surface area contributed by atoms with Crippen molar-refractivity contribution in [3.8, 4) is 0 Å². The van der Waals surface area contributed by atoms with Gasteiger partial charge in [-0.2, -0.15) is 0 Å². The van der Waals surface area contributed by atoms with Crippen LogP contribution < -0.4 is 10.6 Å². The molecule has 1 saturated heterocycles. The van der Waals surface area contributed by atoms with Crippen LogP contribution in [0.3, 0.4) is 0 Å². The van der Waals surface area contributed by atoms with Gasteiger partial charge in [-0.25, -0.2) is 9.98 Å². The van der Waals surface area contributed by atoms with Crippen molar-refractivity contribution in [2.75, 3.05) is 26.2 Å². The molecule has 2 heterocycles. The van der Waals surface area contributed by atoms with Gasteiger partial charge in [-0.3, -0.25) is 4.90 Å². The maximum absolute atomic E-state index is 6.25. The minimum atomic E-state index is 0.260. The molecular weight excluding hydrogens is 374 g/mol. The van der Waals surface area contributed by atoms with Crippen LogP contribution in [0.1, 0.15) is 48.7 Å². The van der Waals surface area contributed by atoms with E-state index in [1.165, 1.54) is 18.4 Å². The van der Waals surface area contributed by atoms with Crippen molar-refractivity contribution in [3.05, 3.63) is 52.2 Å². The van der Waals surface area contributed by atoms with Crippen molar-refractivity contribution in [1.29, 1.82) is 0 Å². The van der Waals surface area contributed by atoms with Gasteiger partial charge in [0.1, 0.15) is 12.3 Å².